The second kappa shape index (κ2) is 5.22. The molecular formula is C12H15N5S. The van der Waals surface area contributed by atoms with Crippen molar-refractivity contribution < 1.29 is 0 Å². The van der Waals surface area contributed by atoms with Gasteiger partial charge in [-0.3, -0.25) is 0 Å². The van der Waals surface area contributed by atoms with E-state index in [2.05, 4.69) is 20.3 Å². The van der Waals surface area contributed by atoms with Crippen molar-refractivity contribution in [2.75, 3.05) is 18.1 Å². The molecule has 94 valence electrons. The molecule has 2 aromatic rings. The highest BCUT2D eigenvalue weighted by Gasteiger charge is 2.05. The molecule has 0 aromatic carbocycles. The SMILES string of the molecule is CNc1cc(Sc2cc(C)cc(C)n2)nc(N)n1. The minimum Gasteiger partial charge on any atom is -0.373 e. The molecule has 0 saturated carbocycles. The fourth-order valence-electron chi connectivity index (χ4n) is 1.59. The lowest BCUT2D eigenvalue weighted by atomic mass is 10.3. The molecule has 0 spiro atoms. The molecule has 0 aliphatic rings. The van der Waals surface area contributed by atoms with E-state index in [1.807, 2.05) is 32.0 Å². The predicted molar refractivity (Wildman–Crippen MR) is 73.8 cm³/mol. The number of hydrogen-bond donors (Lipinski definition) is 2. The molecule has 5 nitrogen and oxygen atoms in total. The van der Waals surface area contributed by atoms with Crippen LogP contribution in [0, 0.1) is 13.8 Å². The summed E-state index contributed by atoms with van der Waals surface area (Å²) in [7, 11) is 1.80. The largest absolute Gasteiger partial charge is 0.373 e. The molecule has 2 rings (SSSR count). The monoisotopic (exact) mass is 261 g/mol. The Labute approximate surface area is 110 Å². The Morgan fingerprint density at radius 3 is 2.44 bits per heavy atom. The highest BCUT2D eigenvalue weighted by Crippen LogP contribution is 2.27. The minimum absolute atomic E-state index is 0.258. The average molecular weight is 261 g/mol. The van der Waals surface area contributed by atoms with Crippen LogP contribution in [0.3, 0.4) is 0 Å². The van der Waals surface area contributed by atoms with Crippen molar-refractivity contribution in [1.29, 1.82) is 0 Å². The number of nitrogens with two attached hydrogens (primary N) is 1. The molecule has 0 aliphatic heterocycles. The number of aryl methyl sites for hydroxylation is 2. The van der Waals surface area contributed by atoms with E-state index in [-0.39, 0.29) is 5.95 Å². The van der Waals surface area contributed by atoms with Crippen LogP contribution in [-0.2, 0) is 0 Å². The number of nitrogens with one attached hydrogen (secondary N) is 1. The highest BCUT2D eigenvalue weighted by molar-refractivity contribution is 7.99. The first kappa shape index (κ1) is 12.6. The number of rotatable bonds is 3. The number of nitrogens with zero attached hydrogens (tertiary/aromatic N) is 3. The summed E-state index contributed by atoms with van der Waals surface area (Å²) < 4.78 is 0. The Kier molecular flexibility index (Phi) is 3.66. The maximum Gasteiger partial charge on any atom is 0.223 e. The molecular weight excluding hydrogens is 246 g/mol. The van der Waals surface area contributed by atoms with Crippen molar-refractivity contribution in [2.45, 2.75) is 23.9 Å². The molecule has 0 atom stereocenters. The van der Waals surface area contributed by atoms with E-state index in [9.17, 15) is 0 Å². The number of anilines is 2. The van der Waals surface area contributed by atoms with Crippen LogP contribution in [0.25, 0.3) is 0 Å². The Bertz CT molecular complexity index is 550. The summed E-state index contributed by atoms with van der Waals surface area (Å²) in [6.45, 7) is 4.02. The minimum atomic E-state index is 0.258. The van der Waals surface area contributed by atoms with Gasteiger partial charge in [-0.25, -0.2) is 9.97 Å². The van der Waals surface area contributed by atoms with Crippen molar-refractivity contribution >= 4 is 23.5 Å². The number of pyridine rings is 1. The standard InChI is InChI=1S/C12H15N5S/c1-7-4-8(2)15-10(5-7)18-11-6-9(14-3)16-12(13)17-11/h4-6H,1-3H3,(H3,13,14,16,17). The van der Waals surface area contributed by atoms with Gasteiger partial charge in [-0.1, -0.05) is 0 Å². The second-order valence-corrected chi connectivity index (χ2v) is 4.97. The van der Waals surface area contributed by atoms with Gasteiger partial charge in [0, 0.05) is 18.8 Å². The Morgan fingerprint density at radius 2 is 1.78 bits per heavy atom. The van der Waals surface area contributed by atoms with Gasteiger partial charge in [0.15, 0.2) is 0 Å². The van der Waals surface area contributed by atoms with Crippen LogP contribution < -0.4 is 11.1 Å². The van der Waals surface area contributed by atoms with E-state index in [0.717, 1.165) is 15.7 Å². The van der Waals surface area contributed by atoms with E-state index >= 15 is 0 Å². The van der Waals surface area contributed by atoms with Gasteiger partial charge in [0.25, 0.3) is 0 Å². The molecule has 0 amide bonds. The molecule has 3 N–H and O–H groups in total. The first-order chi connectivity index (χ1) is 8.56. The first-order valence-corrected chi connectivity index (χ1v) is 6.34. The van der Waals surface area contributed by atoms with Gasteiger partial charge >= 0.3 is 0 Å². The third kappa shape index (κ3) is 3.10. The van der Waals surface area contributed by atoms with Crippen molar-refractivity contribution in [3.8, 4) is 0 Å². The van der Waals surface area contributed by atoms with Crippen LogP contribution in [0.1, 0.15) is 11.3 Å². The van der Waals surface area contributed by atoms with E-state index in [1.54, 1.807) is 7.05 Å². The zero-order valence-electron chi connectivity index (χ0n) is 10.6. The smallest absolute Gasteiger partial charge is 0.223 e. The third-order valence-corrected chi connectivity index (χ3v) is 3.10. The van der Waals surface area contributed by atoms with E-state index in [1.165, 1.54) is 17.3 Å². The Hall–Kier alpha value is -1.82. The van der Waals surface area contributed by atoms with Gasteiger partial charge in [-0.15, -0.1) is 0 Å². The lowest BCUT2D eigenvalue weighted by molar-refractivity contribution is 1.02. The fourth-order valence-corrected chi connectivity index (χ4v) is 2.55. The van der Waals surface area contributed by atoms with Gasteiger partial charge in [0.1, 0.15) is 15.9 Å². The lowest BCUT2D eigenvalue weighted by Gasteiger charge is -2.06. The Balaban J connectivity index is 2.30. The average Bonchev–Trinajstić information content (AvgIpc) is 2.26. The van der Waals surface area contributed by atoms with Gasteiger partial charge < -0.3 is 11.1 Å². The van der Waals surface area contributed by atoms with Crippen LogP contribution in [0.2, 0.25) is 0 Å². The number of hydrogen-bond acceptors (Lipinski definition) is 6. The quantitative estimate of drug-likeness (QED) is 0.825. The van der Waals surface area contributed by atoms with Gasteiger partial charge in [0.05, 0.1) is 0 Å². The molecule has 0 radical (unpaired) electrons. The molecule has 0 saturated heterocycles. The molecule has 18 heavy (non-hydrogen) atoms. The molecule has 2 heterocycles. The molecule has 0 fully saturated rings. The lowest BCUT2D eigenvalue weighted by Crippen LogP contribution is -2.00. The summed E-state index contributed by atoms with van der Waals surface area (Å²) in [6.07, 6.45) is 0. The number of aromatic nitrogens is 3. The summed E-state index contributed by atoms with van der Waals surface area (Å²) in [5, 5.41) is 4.64. The fraction of sp³-hybridized carbons (Fsp3) is 0.250. The van der Waals surface area contributed by atoms with Crippen molar-refractivity contribution in [3.63, 3.8) is 0 Å². The van der Waals surface area contributed by atoms with Crippen LogP contribution >= 0.6 is 11.8 Å². The van der Waals surface area contributed by atoms with E-state index in [4.69, 9.17) is 5.73 Å². The first-order valence-electron chi connectivity index (χ1n) is 5.52. The van der Waals surface area contributed by atoms with Gasteiger partial charge in [-0.05, 0) is 43.3 Å². The van der Waals surface area contributed by atoms with Gasteiger partial charge in [-0.2, -0.15) is 4.98 Å². The van der Waals surface area contributed by atoms with Crippen LogP contribution in [-0.4, -0.2) is 22.0 Å². The van der Waals surface area contributed by atoms with Gasteiger partial charge in [0.2, 0.25) is 5.95 Å². The summed E-state index contributed by atoms with van der Waals surface area (Å²) in [4.78, 5) is 12.7. The van der Waals surface area contributed by atoms with E-state index in [0.29, 0.717) is 5.82 Å². The normalized spacial score (nSPS) is 10.4. The zero-order valence-corrected chi connectivity index (χ0v) is 11.4. The maximum atomic E-state index is 5.65. The van der Waals surface area contributed by atoms with Crippen molar-refractivity contribution in [1.82, 2.24) is 15.0 Å². The zero-order chi connectivity index (χ0) is 13.1. The van der Waals surface area contributed by atoms with Crippen LogP contribution in [0.15, 0.2) is 28.3 Å². The predicted octanol–water partition coefficient (Wildman–Crippen LogP) is 2.26. The summed E-state index contributed by atoms with van der Waals surface area (Å²) in [5.41, 5.74) is 7.83. The molecule has 0 bridgehead atoms. The number of nitrogen functional groups attached to an aromatic ring is 1. The third-order valence-electron chi connectivity index (χ3n) is 2.26. The van der Waals surface area contributed by atoms with Crippen molar-refractivity contribution in [2.24, 2.45) is 0 Å². The molecule has 6 heteroatoms. The summed E-state index contributed by atoms with van der Waals surface area (Å²) in [6, 6.07) is 5.91. The second-order valence-electron chi connectivity index (χ2n) is 3.93. The maximum absolute atomic E-state index is 5.65. The topological polar surface area (TPSA) is 76.7 Å². The Morgan fingerprint density at radius 1 is 1.06 bits per heavy atom. The summed E-state index contributed by atoms with van der Waals surface area (Å²) >= 11 is 1.48. The highest BCUT2D eigenvalue weighted by atomic mass is 32.2. The molecule has 2 aromatic heterocycles. The van der Waals surface area contributed by atoms with Crippen molar-refractivity contribution in [3.05, 3.63) is 29.5 Å². The molecule has 0 unspecified atom stereocenters. The van der Waals surface area contributed by atoms with E-state index < -0.39 is 0 Å². The molecule has 0 aliphatic carbocycles. The van der Waals surface area contributed by atoms with Crippen LogP contribution in [0.4, 0.5) is 11.8 Å². The van der Waals surface area contributed by atoms with Crippen LogP contribution in [0.5, 0.6) is 0 Å². The summed E-state index contributed by atoms with van der Waals surface area (Å²) in [5.74, 6) is 0.961.